The number of benzene rings is 3. The lowest BCUT2D eigenvalue weighted by Gasteiger charge is -2.38. The highest BCUT2D eigenvalue weighted by molar-refractivity contribution is 7.92. The first-order valence-corrected chi connectivity index (χ1v) is 12.4. The zero-order valence-corrected chi connectivity index (χ0v) is 19.9. The second kappa shape index (κ2) is 9.64. The van der Waals surface area contributed by atoms with E-state index in [2.05, 4.69) is 14.5 Å². The van der Waals surface area contributed by atoms with Gasteiger partial charge in [0, 0.05) is 31.9 Å². The predicted octanol–water partition coefficient (Wildman–Crippen LogP) is 3.83. The van der Waals surface area contributed by atoms with Gasteiger partial charge in [0.2, 0.25) is 0 Å². The lowest BCUT2D eigenvalue weighted by atomic mass is 10.1. The molecule has 0 saturated carbocycles. The number of methoxy groups -OCH3 is 1. The van der Waals surface area contributed by atoms with Crippen LogP contribution in [-0.2, 0) is 10.0 Å². The van der Waals surface area contributed by atoms with Crippen LogP contribution < -0.4 is 19.3 Å². The summed E-state index contributed by atoms with van der Waals surface area (Å²) in [6.07, 6.45) is 0. The smallest absolute Gasteiger partial charge is 0.335 e. The maximum Gasteiger partial charge on any atom is 0.335 e. The summed E-state index contributed by atoms with van der Waals surface area (Å²) in [5, 5.41) is 9.46. The van der Waals surface area contributed by atoms with Crippen molar-refractivity contribution in [1.29, 1.82) is 0 Å². The van der Waals surface area contributed by atoms with Crippen molar-refractivity contribution in [2.24, 2.45) is 0 Å². The quantitative estimate of drug-likeness (QED) is 0.529. The highest BCUT2D eigenvalue weighted by Crippen LogP contribution is 2.32. The molecule has 3 aromatic rings. The Hall–Kier alpha value is -3.72. The number of hydrogen-bond donors (Lipinski definition) is 2. The van der Waals surface area contributed by atoms with Crippen LogP contribution in [-0.4, -0.2) is 52.8 Å². The maximum absolute atomic E-state index is 13.1. The van der Waals surface area contributed by atoms with Gasteiger partial charge < -0.3 is 19.6 Å². The van der Waals surface area contributed by atoms with Crippen LogP contribution >= 0.6 is 0 Å². The highest BCUT2D eigenvalue weighted by atomic mass is 32.2. The monoisotopic (exact) mass is 481 g/mol. The van der Waals surface area contributed by atoms with Crippen molar-refractivity contribution in [3.63, 3.8) is 0 Å². The summed E-state index contributed by atoms with van der Waals surface area (Å²) in [5.74, 6) is -0.321. The van der Waals surface area contributed by atoms with Crippen LogP contribution in [0.15, 0.2) is 71.6 Å². The number of anilines is 3. The van der Waals surface area contributed by atoms with Crippen molar-refractivity contribution in [3.8, 4) is 5.75 Å². The topological polar surface area (TPSA) is 99.2 Å². The Labute approximate surface area is 199 Å². The molecular formula is C25H27N3O5S. The number of aromatic carboxylic acids is 1. The third-order valence-corrected chi connectivity index (χ3v) is 7.45. The number of carboxylic acids is 1. The predicted molar refractivity (Wildman–Crippen MR) is 133 cm³/mol. The van der Waals surface area contributed by atoms with Gasteiger partial charge in [-0.2, -0.15) is 0 Å². The molecule has 8 nitrogen and oxygen atoms in total. The molecule has 0 aromatic heterocycles. The molecule has 1 aliphatic heterocycles. The number of carbonyl (C=O) groups is 1. The average Bonchev–Trinajstić information content (AvgIpc) is 2.84. The van der Waals surface area contributed by atoms with Crippen molar-refractivity contribution in [2.45, 2.75) is 11.8 Å². The van der Waals surface area contributed by atoms with Gasteiger partial charge in [0.15, 0.2) is 0 Å². The van der Waals surface area contributed by atoms with E-state index in [1.54, 1.807) is 38.3 Å². The molecule has 0 spiro atoms. The van der Waals surface area contributed by atoms with E-state index >= 15 is 0 Å². The van der Waals surface area contributed by atoms with Gasteiger partial charge in [-0.05, 0) is 61.0 Å². The summed E-state index contributed by atoms with van der Waals surface area (Å²) in [7, 11) is -2.27. The molecule has 0 unspecified atom stereocenters. The lowest BCUT2D eigenvalue weighted by Crippen LogP contribution is -2.46. The second-order valence-corrected chi connectivity index (χ2v) is 9.73. The molecule has 34 heavy (non-hydrogen) atoms. The van der Waals surface area contributed by atoms with Gasteiger partial charge in [-0.25, -0.2) is 13.2 Å². The summed E-state index contributed by atoms with van der Waals surface area (Å²) in [6, 6.07) is 19.1. The molecular weight excluding hydrogens is 454 g/mol. The van der Waals surface area contributed by atoms with Crippen molar-refractivity contribution in [2.75, 3.05) is 47.8 Å². The first kappa shape index (κ1) is 23.4. The summed E-state index contributed by atoms with van der Waals surface area (Å²) in [6.45, 7) is 4.49. The molecule has 1 fully saturated rings. The first-order valence-electron chi connectivity index (χ1n) is 10.9. The molecule has 1 saturated heterocycles. The van der Waals surface area contributed by atoms with Crippen LogP contribution in [0, 0.1) is 6.92 Å². The molecule has 1 heterocycles. The van der Waals surface area contributed by atoms with Gasteiger partial charge in [-0.3, -0.25) is 4.72 Å². The molecule has 9 heteroatoms. The van der Waals surface area contributed by atoms with Gasteiger partial charge in [0.1, 0.15) is 5.75 Å². The lowest BCUT2D eigenvalue weighted by molar-refractivity contribution is 0.0697. The van der Waals surface area contributed by atoms with E-state index in [0.29, 0.717) is 24.3 Å². The van der Waals surface area contributed by atoms with E-state index in [0.717, 1.165) is 24.5 Å². The summed E-state index contributed by atoms with van der Waals surface area (Å²) < 4.78 is 34.1. The molecule has 3 aromatic carbocycles. The summed E-state index contributed by atoms with van der Waals surface area (Å²) in [4.78, 5) is 16.0. The van der Waals surface area contributed by atoms with E-state index < -0.39 is 16.0 Å². The molecule has 178 valence electrons. The van der Waals surface area contributed by atoms with Crippen LogP contribution in [0.5, 0.6) is 5.75 Å². The molecule has 0 bridgehead atoms. The van der Waals surface area contributed by atoms with E-state index in [1.807, 2.05) is 24.3 Å². The van der Waals surface area contributed by atoms with E-state index in [9.17, 15) is 18.3 Å². The van der Waals surface area contributed by atoms with Gasteiger partial charge in [0.05, 0.1) is 28.9 Å². The number of nitrogens with one attached hydrogen (secondary N) is 1. The third kappa shape index (κ3) is 4.94. The second-order valence-electron chi connectivity index (χ2n) is 8.08. The molecule has 2 N–H and O–H groups in total. The van der Waals surface area contributed by atoms with E-state index in [1.165, 1.54) is 18.2 Å². The number of sulfonamides is 1. The zero-order chi connectivity index (χ0) is 24.3. The van der Waals surface area contributed by atoms with Crippen LogP contribution in [0.3, 0.4) is 0 Å². The first-order chi connectivity index (χ1) is 16.3. The normalized spacial score (nSPS) is 14.1. The number of carboxylic acid groups (broad SMARTS) is 1. The van der Waals surface area contributed by atoms with E-state index in [-0.39, 0.29) is 16.1 Å². The van der Waals surface area contributed by atoms with Crippen molar-refractivity contribution >= 4 is 33.1 Å². The Balaban J connectivity index is 1.58. The minimum absolute atomic E-state index is 0.0168. The SMILES string of the molecule is COc1ccc(N2CCN(c3ccc(C(=O)O)cc3NS(=O)(=O)c3ccccc3C)CC2)cc1. The number of aryl methyl sites for hydroxylation is 1. The van der Waals surface area contributed by atoms with Crippen LogP contribution in [0.25, 0.3) is 0 Å². The third-order valence-electron chi connectivity index (χ3n) is 5.93. The van der Waals surface area contributed by atoms with Crippen LogP contribution in [0.2, 0.25) is 0 Å². The Bertz CT molecular complexity index is 1280. The zero-order valence-electron chi connectivity index (χ0n) is 19.1. The largest absolute Gasteiger partial charge is 0.497 e. The van der Waals surface area contributed by atoms with Gasteiger partial charge in [0.25, 0.3) is 10.0 Å². The van der Waals surface area contributed by atoms with Gasteiger partial charge in [-0.15, -0.1) is 0 Å². The van der Waals surface area contributed by atoms with Gasteiger partial charge >= 0.3 is 5.97 Å². The van der Waals surface area contributed by atoms with Crippen LogP contribution in [0.4, 0.5) is 17.1 Å². The van der Waals surface area contributed by atoms with E-state index in [4.69, 9.17) is 4.74 Å². The fourth-order valence-electron chi connectivity index (χ4n) is 4.08. The molecule has 4 rings (SSSR count). The summed E-state index contributed by atoms with van der Waals surface area (Å²) in [5.41, 5.74) is 2.61. The van der Waals surface area contributed by atoms with Crippen molar-refractivity contribution < 1.29 is 23.1 Å². The number of nitrogens with zero attached hydrogens (tertiary/aromatic N) is 2. The fraction of sp³-hybridized carbons (Fsp3) is 0.240. The summed E-state index contributed by atoms with van der Waals surface area (Å²) >= 11 is 0. The molecule has 0 aliphatic carbocycles. The fourth-order valence-corrected chi connectivity index (χ4v) is 5.40. The van der Waals surface area contributed by atoms with Crippen molar-refractivity contribution in [1.82, 2.24) is 0 Å². The Morgan fingerprint density at radius 1 is 0.941 bits per heavy atom. The number of hydrogen-bond acceptors (Lipinski definition) is 6. The van der Waals surface area contributed by atoms with Crippen molar-refractivity contribution in [3.05, 3.63) is 77.9 Å². The average molecular weight is 482 g/mol. The molecule has 1 aliphatic rings. The minimum Gasteiger partial charge on any atom is -0.497 e. The Morgan fingerprint density at radius 3 is 2.21 bits per heavy atom. The molecule has 0 radical (unpaired) electrons. The standard InChI is InChI=1S/C25H27N3O5S/c1-18-5-3-4-6-24(18)34(31,32)26-22-17-19(25(29)30)7-12-23(22)28-15-13-27(14-16-28)20-8-10-21(33-2)11-9-20/h3-12,17,26H,13-16H2,1-2H3,(H,29,30). The Morgan fingerprint density at radius 2 is 1.59 bits per heavy atom. The molecule has 0 amide bonds. The molecule has 0 atom stereocenters. The number of ether oxygens (including phenoxy) is 1. The maximum atomic E-state index is 13.1. The van der Waals surface area contributed by atoms with Crippen LogP contribution in [0.1, 0.15) is 15.9 Å². The highest BCUT2D eigenvalue weighted by Gasteiger charge is 2.24. The number of piperazine rings is 1. The van der Waals surface area contributed by atoms with Gasteiger partial charge in [-0.1, -0.05) is 18.2 Å². The Kier molecular flexibility index (Phi) is 6.65. The number of rotatable bonds is 7. The minimum atomic E-state index is -3.90.